The van der Waals surface area contributed by atoms with Crippen molar-refractivity contribution >= 4 is 29.2 Å². The Morgan fingerprint density at radius 2 is 2.15 bits per heavy atom. The molecule has 1 aromatic rings. The van der Waals surface area contributed by atoms with Gasteiger partial charge in [-0.15, -0.1) is 11.8 Å². The number of aromatic amines is 1. The number of carbonyl (C=O) groups is 3. The first kappa shape index (κ1) is 14.5. The number of hydrogen-bond acceptors (Lipinski definition) is 5. The van der Waals surface area contributed by atoms with Gasteiger partial charge in [0.15, 0.2) is 5.69 Å². The zero-order valence-corrected chi connectivity index (χ0v) is 12.3. The number of nitrogens with one attached hydrogen (secondary N) is 2. The fourth-order valence-electron chi connectivity index (χ4n) is 1.77. The molecule has 0 bridgehead atoms. The molecule has 2 N–H and O–H groups in total. The van der Waals surface area contributed by atoms with E-state index in [1.165, 1.54) is 24.9 Å². The summed E-state index contributed by atoms with van der Waals surface area (Å²) in [5.41, 5.74) is 0.127. The number of thioether (sulfide) groups is 1. The first-order chi connectivity index (χ1) is 9.45. The Balaban J connectivity index is 2.38. The van der Waals surface area contributed by atoms with E-state index in [1.54, 1.807) is 0 Å². The van der Waals surface area contributed by atoms with Crippen molar-refractivity contribution in [3.05, 3.63) is 27.9 Å². The molecule has 0 aromatic carbocycles. The number of Topliss-reactive ketones (excluding diaryl/α,β-unsaturated/α-hetero) is 1. The molecular weight excluding hydrogens is 278 g/mol. The largest absolute Gasteiger partial charge is 0.354 e. The third kappa shape index (κ3) is 2.53. The van der Waals surface area contributed by atoms with Gasteiger partial charge in [-0.25, -0.2) is 0 Å². The van der Waals surface area contributed by atoms with Gasteiger partial charge in [-0.2, -0.15) is 5.10 Å². The van der Waals surface area contributed by atoms with Gasteiger partial charge in [0.1, 0.15) is 5.69 Å². The molecule has 0 unspecified atom stereocenters. The van der Waals surface area contributed by atoms with Gasteiger partial charge in [0.25, 0.3) is 5.91 Å². The second-order valence-electron chi connectivity index (χ2n) is 4.81. The standard InChI is InChI=1S/C13H15N3O3S/c1-6(2)5-20-8-4-7(17)10-9(12(8)18)11(16-15-10)13(19)14-3/h4,6H,5H2,1-3H3,(H,14,19)(H,15,16). The average molecular weight is 293 g/mol. The van der Waals surface area contributed by atoms with Gasteiger partial charge in [-0.3, -0.25) is 19.5 Å². The molecule has 2 rings (SSSR count). The van der Waals surface area contributed by atoms with Crippen molar-refractivity contribution < 1.29 is 14.4 Å². The third-order valence-electron chi connectivity index (χ3n) is 2.74. The zero-order chi connectivity index (χ0) is 14.9. The van der Waals surface area contributed by atoms with Crippen LogP contribution in [0, 0.1) is 5.92 Å². The minimum atomic E-state index is -0.487. The number of fused-ring (bicyclic) bond motifs is 1. The van der Waals surface area contributed by atoms with Crippen LogP contribution in [0.25, 0.3) is 0 Å². The van der Waals surface area contributed by atoms with Gasteiger partial charge >= 0.3 is 0 Å². The van der Waals surface area contributed by atoms with Gasteiger partial charge < -0.3 is 5.32 Å². The predicted octanol–water partition coefficient (Wildman–Crippen LogP) is 1.42. The molecule has 0 saturated carbocycles. The molecule has 0 saturated heterocycles. The van der Waals surface area contributed by atoms with E-state index in [4.69, 9.17) is 0 Å². The second kappa shape index (κ2) is 5.62. The third-order valence-corrected chi connectivity index (χ3v) is 4.19. The second-order valence-corrected chi connectivity index (χ2v) is 5.87. The van der Waals surface area contributed by atoms with Crippen LogP contribution in [0.2, 0.25) is 0 Å². The van der Waals surface area contributed by atoms with Gasteiger partial charge in [0.05, 0.1) is 10.5 Å². The van der Waals surface area contributed by atoms with Crippen molar-refractivity contribution in [1.82, 2.24) is 15.5 Å². The molecule has 1 aliphatic carbocycles. The molecule has 20 heavy (non-hydrogen) atoms. The molecule has 1 aromatic heterocycles. The van der Waals surface area contributed by atoms with Crippen LogP contribution in [0.4, 0.5) is 0 Å². The monoisotopic (exact) mass is 293 g/mol. The maximum Gasteiger partial charge on any atom is 0.272 e. The van der Waals surface area contributed by atoms with Crippen LogP contribution in [0.1, 0.15) is 45.2 Å². The maximum absolute atomic E-state index is 12.4. The van der Waals surface area contributed by atoms with Crippen LogP contribution in [0.15, 0.2) is 11.0 Å². The fourth-order valence-corrected chi connectivity index (χ4v) is 2.70. The predicted molar refractivity (Wildman–Crippen MR) is 76.0 cm³/mol. The van der Waals surface area contributed by atoms with E-state index < -0.39 is 5.91 Å². The molecule has 0 aliphatic heterocycles. The summed E-state index contributed by atoms with van der Waals surface area (Å²) in [5, 5.41) is 8.66. The van der Waals surface area contributed by atoms with Crippen LogP contribution < -0.4 is 5.32 Å². The number of rotatable bonds is 4. The van der Waals surface area contributed by atoms with Crippen LogP contribution in [-0.4, -0.2) is 40.5 Å². The van der Waals surface area contributed by atoms with Crippen molar-refractivity contribution in [2.45, 2.75) is 13.8 Å². The molecule has 1 heterocycles. The van der Waals surface area contributed by atoms with Crippen molar-refractivity contribution in [1.29, 1.82) is 0 Å². The molecule has 0 fully saturated rings. The Morgan fingerprint density at radius 3 is 2.75 bits per heavy atom. The summed E-state index contributed by atoms with van der Waals surface area (Å²) >= 11 is 1.33. The number of ketones is 2. The van der Waals surface area contributed by atoms with E-state index in [2.05, 4.69) is 15.5 Å². The Kier molecular flexibility index (Phi) is 4.08. The topological polar surface area (TPSA) is 91.9 Å². The van der Waals surface area contributed by atoms with Crippen LogP contribution in [-0.2, 0) is 0 Å². The van der Waals surface area contributed by atoms with Gasteiger partial charge in [-0.1, -0.05) is 13.8 Å². The lowest BCUT2D eigenvalue weighted by molar-refractivity contribution is 0.0945. The quantitative estimate of drug-likeness (QED) is 0.876. The van der Waals surface area contributed by atoms with E-state index in [0.717, 1.165) is 5.75 Å². The van der Waals surface area contributed by atoms with Crippen LogP contribution in [0.3, 0.4) is 0 Å². The number of aromatic nitrogens is 2. The van der Waals surface area contributed by atoms with Crippen molar-refractivity contribution in [2.24, 2.45) is 5.92 Å². The molecular formula is C13H15N3O3S. The fraction of sp³-hybridized carbons (Fsp3) is 0.385. The van der Waals surface area contributed by atoms with Crippen molar-refractivity contribution in [2.75, 3.05) is 12.8 Å². The number of nitrogens with zero attached hydrogens (tertiary/aromatic N) is 1. The summed E-state index contributed by atoms with van der Waals surface area (Å²) in [6.45, 7) is 4.06. The molecule has 7 heteroatoms. The van der Waals surface area contributed by atoms with Gasteiger partial charge in [0, 0.05) is 18.9 Å². The highest BCUT2D eigenvalue weighted by atomic mass is 32.2. The Labute approximate surface area is 120 Å². The molecule has 106 valence electrons. The van der Waals surface area contributed by atoms with Gasteiger partial charge in [-0.05, 0) is 5.92 Å². The lowest BCUT2D eigenvalue weighted by atomic mass is 9.99. The summed E-state index contributed by atoms with van der Waals surface area (Å²) in [6, 6.07) is 0. The summed E-state index contributed by atoms with van der Waals surface area (Å²) < 4.78 is 0. The lowest BCUT2D eigenvalue weighted by Gasteiger charge is -2.12. The lowest BCUT2D eigenvalue weighted by Crippen LogP contribution is -2.23. The summed E-state index contributed by atoms with van der Waals surface area (Å²) in [7, 11) is 1.45. The Hall–Kier alpha value is -1.89. The van der Waals surface area contributed by atoms with Crippen molar-refractivity contribution in [3.63, 3.8) is 0 Å². The van der Waals surface area contributed by atoms with E-state index >= 15 is 0 Å². The van der Waals surface area contributed by atoms with E-state index in [-0.39, 0.29) is 28.5 Å². The van der Waals surface area contributed by atoms with Gasteiger partial charge in [0.2, 0.25) is 11.6 Å². The number of hydrogen-bond donors (Lipinski definition) is 2. The minimum absolute atomic E-state index is 0.0309. The van der Waals surface area contributed by atoms with Crippen molar-refractivity contribution in [3.8, 4) is 0 Å². The average Bonchev–Trinajstić information content (AvgIpc) is 2.85. The molecule has 1 aliphatic rings. The molecule has 1 amide bonds. The Bertz CT molecular complexity index is 616. The molecule has 6 nitrogen and oxygen atoms in total. The van der Waals surface area contributed by atoms with Crippen LogP contribution in [0.5, 0.6) is 0 Å². The highest BCUT2D eigenvalue weighted by Gasteiger charge is 2.33. The smallest absolute Gasteiger partial charge is 0.272 e. The molecule has 0 radical (unpaired) electrons. The van der Waals surface area contributed by atoms with E-state index in [9.17, 15) is 14.4 Å². The summed E-state index contributed by atoms with van der Waals surface area (Å²) in [4.78, 5) is 36.4. The first-order valence-corrected chi connectivity index (χ1v) is 7.18. The number of allylic oxidation sites excluding steroid dienone is 2. The zero-order valence-electron chi connectivity index (χ0n) is 11.4. The molecule has 0 atom stereocenters. The Morgan fingerprint density at radius 1 is 1.45 bits per heavy atom. The SMILES string of the molecule is CNC(=O)c1n[nH]c2c1C(=O)C(SCC(C)C)=CC2=O. The van der Waals surface area contributed by atoms with E-state index in [0.29, 0.717) is 10.8 Å². The maximum atomic E-state index is 12.4. The first-order valence-electron chi connectivity index (χ1n) is 6.19. The highest BCUT2D eigenvalue weighted by molar-refractivity contribution is 8.04. The van der Waals surface area contributed by atoms with Crippen LogP contribution >= 0.6 is 11.8 Å². The number of H-pyrrole nitrogens is 1. The molecule has 0 spiro atoms. The summed E-state index contributed by atoms with van der Waals surface area (Å²) in [6.07, 6.45) is 1.31. The summed E-state index contributed by atoms with van der Waals surface area (Å²) in [5.74, 6) is -0.00861. The van der Waals surface area contributed by atoms with E-state index in [1.807, 2.05) is 13.8 Å². The highest BCUT2D eigenvalue weighted by Crippen LogP contribution is 2.30. The normalized spacial score (nSPS) is 14.3. The minimum Gasteiger partial charge on any atom is -0.354 e. The number of amides is 1. The number of carbonyl (C=O) groups excluding carboxylic acids is 3.